The number of amides is 1. The number of ether oxygens (including phenoxy) is 1. The highest BCUT2D eigenvalue weighted by Gasteiger charge is 2.47. The topological polar surface area (TPSA) is 53.9 Å². The van der Waals surface area contributed by atoms with Crippen LogP contribution in [0.25, 0.3) is 0 Å². The highest BCUT2D eigenvalue weighted by atomic mass is 79.9. The summed E-state index contributed by atoms with van der Waals surface area (Å²) in [5, 5.41) is 3.24. The second kappa shape index (κ2) is 9.06. The number of carbonyl (C=O) groups is 1. The molecule has 3 aliphatic rings. The molecule has 5 nitrogen and oxygen atoms in total. The van der Waals surface area contributed by atoms with Gasteiger partial charge in [0.1, 0.15) is 22.9 Å². The van der Waals surface area contributed by atoms with E-state index in [1.54, 1.807) is 0 Å². The van der Waals surface area contributed by atoms with Crippen molar-refractivity contribution in [2.75, 3.05) is 18.0 Å². The van der Waals surface area contributed by atoms with E-state index >= 15 is 0 Å². The van der Waals surface area contributed by atoms with E-state index in [0.29, 0.717) is 58.3 Å². The number of carbonyl (C=O) groups excluding carboxylic acids is 1. The second-order valence-electron chi connectivity index (χ2n) is 9.02. The van der Waals surface area contributed by atoms with Crippen molar-refractivity contribution in [1.29, 1.82) is 0 Å². The number of hydrogen-bond acceptors (Lipinski definition) is 4. The van der Waals surface area contributed by atoms with Crippen LogP contribution in [0.15, 0.2) is 39.8 Å². The summed E-state index contributed by atoms with van der Waals surface area (Å²) in [6.45, 7) is 1.02. The van der Waals surface area contributed by atoms with Crippen LogP contribution in [-0.4, -0.2) is 36.7 Å². The van der Waals surface area contributed by atoms with Crippen LogP contribution in [0.4, 0.5) is 23.2 Å². The Labute approximate surface area is 216 Å². The molecule has 1 saturated heterocycles. The highest BCUT2D eigenvalue weighted by molar-refractivity contribution is 9.10. The van der Waals surface area contributed by atoms with Gasteiger partial charge in [-0.3, -0.25) is 9.79 Å². The monoisotopic (exact) mass is 617 g/mol. The van der Waals surface area contributed by atoms with Crippen LogP contribution in [0.3, 0.4) is 0 Å². The Kier molecular flexibility index (Phi) is 6.36. The molecule has 0 bridgehead atoms. The molecular weight excluding hydrogens is 598 g/mol. The number of nitrogens with one attached hydrogen (secondary N) is 1. The maximum absolute atomic E-state index is 14.4. The minimum Gasteiger partial charge on any atom is -0.406 e. The molecular formula is C24H21Br2F4N3O2. The standard InChI is InChI=1S/C24H21Br2F4N3O2/c25-12-18-19(27)9-14(26)10-20(18)33-7-5-23(6-8-33)22(34)31-21(32-23)16-4-3-15(35-24(28,29)30)11-17(16)13-1-2-13/h3-4,9-11,13H,1-2,5-8,12H2,(H,31,32,34). The van der Waals surface area contributed by atoms with E-state index in [1.165, 1.54) is 24.3 Å². The van der Waals surface area contributed by atoms with Crippen molar-refractivity contribution in [1.82, 2.24) is 5.32 Å². The maximum atomic E-state index is 14.4. The number of amidine groups is 1. The molecule has 0 unspecified atom stereocenters. The van der Waals surface area contributed by atoms with Gasteiger partial charge in [-0.05, 0) is 67.5 Å². The minimum absolute atomic E-state index is 0.119. The molecule has 1 N–H and O–H groups in total. The Bertz CT molecular complexity index is 1210. The van der Waals surface area contributed by atoms with E-state index < -0.39 is 11.9 Å². The van der Waals surface area contributed by atoms with Crippen LogP contribution in [0.2, 0.25) is 0 Å². The van der Waals surface area contributed by atoms with Gasteiger partial charge in [-0.1, -0.05) is 31.9 Å². The first-order valence-corrected chi connectivity index (χ1v) is 13.1. The number of rotatable bonds is 5. The fraction of sp³-hybridized carbons (Fsp3) is 0.417. The summed E-state index contributed by atoms with van der Waals surface area (Å²) >= 11 is 6.71. The SMILES string of the molecule is O=C1NC(c2ccc(OC(F)(F)F)cc2C2CC2)=NC12CCN(c1cc(Br)cc(F)c1CBr)CC2. The molecule has 0 atom stereocenters. The van der Waals surface area contributed by atoms with Gasteiger partial charge in [-0.25, -0.2) is 4.39 Å². The number of anilines is 1. The molecule has 2 aromatic rings. The quantitative estimate of drug-likeness (QED) is 0.322. The molecule has 186 valence electrons. The molecule has 1 amide bonds. The number of nitrogens with zero attached hydrogens (tertiary/aromatic N) is 2. The molecule has 1 spiro atoms. The molecule has 2 fully saturated rings. The first-order chi connectivity index (χ1) is 16.6. The smallest absolute Gasteiger partial charge is 0.406 e. The summed E-state index contributed by atoms with van der Waals surface area (Å²) in [4.78, 5) is 19.9. The highest BCUT2D eigenvalue weighted by Crippen LogP contribution is 2.44. The Morgan fingerprint density at radius 2 is 1.89 bits per heavy atom. The summed E-state index contributed by atoms with van der Waals surface area (Å²) in [6.07, 6.45) is -2.17. The van der Waals surface area contributed by atoms with Gasteiger partial charge < -0.3 is 15.0 Å². The summed E-state index contributed by atoms with van der Waals surface area (Å²) in [6, 6.07) is 7.48. The van der Waals surface area contributed by atoms with Crippen molar-refractivity contribution in [3.63, 3.8) is 0 Å². The third-order valence-corrected chi connectivity index (χ3v) is 7.73. The largest absolute Gasteiger partial charge is 0.573 e. The fourth-order valence-electron chi connectivity index (χ4n) is 4.79. The van der Waals surface area contributed by atoms with Crippen LogP contribution in [-0.2, 0) is 10.1 Å². The Hall–Kier alpha value is -2.14. The summed E-state index contributed by atoms with van der Waals surface area (Å²) in [5.74, 6) is -0.297. The van der Waals surface area contributed by atoms with Gasteiger partial charge in [0, 0.05) is 39.7 Å². The molecule has 1 saturated carbocycles. The van der Waals surface area contributed by atoms with E-state index in [1.807, 2.05) is 6.07 Å². The lowest BCUT2D eigenvalue weighted by Gasteiger charge is -2.37. The van der Waals surface area contributed by atoms with Crippen molar-refractivity contribution >= 4 is 49.3 Å². The Morgan fingerprint density at radius 3 is 2.51 bits per heavy atom. The van der Waals surface area contributed by atoms with Crippen LogP contribution in [0.5, 0.6) is 5.75 Å². The average molecular weight is 619 g/mol. The second-order valence-corrected chi connectivity index (χ2v) is 10.5. The van der Waals surface area contributed by atoms with E-state index in [-0.39, 0.29) is 23.4 Å². The Balaban J connectivity index is 1.40. The zero-order chi connectivity index (χ0) is 25.0. The van der Waals surface area contributed by atoms with Crippen molar-refractivity contribution in [3.8, 4) is 5.75 Å². The zero-order valence-electron chi connectivity index (χ0n) is 18.4. The lowest BCUT2D eigenvalue weighted by Crippen LogP contribution is -2.49. The van der Waals surface area contributed by atoms with Crippen LogP contribution in [0, 0.1) is 5.82 Å². The molecule has 2 aromatic carbocycles. The van der Waals surface area contributed by atoms with E-state index in [2.05, 4.69) is 46.8 Å². The van der Waals surface area contributed by atoms with Gasteiger partial charge in [0.05, 0.1) is 0 Å². The first kappa shape index (κ1) is 24.5. The van der Waals surface area contributed by atoms with Crippen molar-refractivity contribution in [2.24, 2.45) is 4.99 Å². The van der Waals surface area contributed by atoms with Crippen LogP contribution < -0.4 is 15.0 Å². The average Bonchev–Trinajstić information content (AvgIpc) is 3.58. The van der Waals surface area contributed by atoms with Crippen LogP contribution >= 0.6 is 31.9 Å². The zero-order valence-corrected chi connectivity index (χ0v) is 21.6. The number of aliphatic imine (C=N–C) groups is 1. The van der Waals surface area contributed by atoms with E-state index in [9.17, 15) is 22.4 Å². The lowest BCUT2D eigenvalue weighted by molar-refractivity contribution is -0.274. The normalized spacial score (nSPS) is 19.7. The number of hydrogen-bond donors (Lipinski definition) is 1. The van der Waals surface area contributed by atoms with Gasteiger partial charge >= 0.3 is 6.36 Å². The van der Waals surface area contributed by atoms with Crippen molar-refractivity contribution in [2.45, 2.75) is 48.8 Å². The summed E-state index contributed by atoms with van der Waals surface area (Å²) in [5.41, 5.74) is 1.70. The fourth-order valence-corrected chi connectivity index (χ4v) is 5.76. The number of benzene rings is 2. The molecule has 1 aliphatic carbocycles. The molecule has 5 rings (SSSR count). The third-order valence-electron chi connectivity index (χ3n) is 6.71. The van der Waals surface area contributed by atoms with Gasteiger partial charge in [0.15, 0.2) is 0 Å². The summed E-state index contributed by atoms with van der Waals surface area (Å²) in [7, 11) is 0. The molecule has 35 heavy (non-hydrogen) atoms. The summed E-state index contributed by atoms with van der Waals surface area (Å²) < 4.78 is 57.3. The molecule has 0 radical (unpaired) electrons. The third kappa shape index (κ3) is 4.94. The molecule has 0 aromatic heterocycles. The van der Waals surface area contributed by atoms with Gasteiger partial charge in [0.2, 0.25) is 0 Å². The minimum atomic E-state index is -4.77. The van der Waals surface area contributed by atoms with Crippen LogP contribution in [0.1, 0.15) is 48.3 Å². The molecule has 2 heterocycles. The Morgan fingerprint density at radius 1 is 1.17 bits per heavy atom. The van der Waals surface area contributed by atoms with E-state index in [0.717, 1.165) is 18.5 Å². The predicted molar refractivity (Wildman–Crippen MR) is 131 cm³/mol. The van der Waals surface area contributed by atoms with Crippen molar-refractivity contribution in [3.05, 3.63) is 57.3 Å². The molecule has 2 aliphatic heterocycles. The number of piperidine rings is 1. The number of halogens is 6. The first-order valence-electron chi connectivity index (χ1n) is 11.2. The van der Waals surface area contributed by atoms with E-state index in [4.69, 9.17) is 4.99 Å². The van der Waals surface area contributed by atoms with Gasteiger partial charge in [-0.2, -0.15) is 0 Å². The predicted octanol–water partition coefficient (Wildman–Crippen LogP) is 6.17. The van der Waals surface area contributed by atoms with Gasteiger partial charge in [0.25, 0.3) is 5.91 Å². The van der Waals surface area contributed by atoms with Crippen molar-refractivity contribution < 1.29 is 27.1 Å². The van der Waals surface area contributed by atoms with Gasteiger partial charge in [-0.15, -0.1) is 13.2 Å². The number of alkyl halides is 4. The molecule has 11 heteroatoms. The lowest BCUT2D eigenvalue weighted by atomic mass is 9.87. The maximum Gasteiger partial charge on any atom is 0.573 e.